The second-order valence-electron chi connectivity index (χ2n) is 11.2. The van der Waals surface area contributed by atoms with E-state index >= 15 is 0 Å². The van der Waals surface area contributed by atoms with Crippen LogP contribution in [0.4, 0.5) is 0 Å². The molecule has 2 aliphatic heterocycles. The topological polar surface area (TPSA) is 105 Å². The Bertz CT molecular complexity index is 828. The Labute approximate surface area is 209 Å². The Kier molecular flexibility index (Phi) is 9.03. The first kappa shape index (κ1) is 28.1. The smallest absolute Gasteiger partial charge is 0.311 e. The minimum atomic E-state index is -1.31. The van der Waals surface area contributed by atoms with Gasteiger partial charge in [0.1, 0.15) is 6.10 Å². The van der Waals surface area contributed by atoms with Gasteiger partial charge in [0.15, 0.2) is 6.29 Å². The van der Waals surface area contributed by atoms with Crippen molar-refractivity contribution in [2.24, 2.45) is 29.6 Å². The molecule has 0 spiro atoms. The van der Waals surface area contributed by atoms with Gasteiger partial charge in [-0.15, -0.1) is 0 Å². The number of carbonyl (C=O) groups excluding carboxylic acids is 1. The highest BCUT2D eigenvalue weighted by atomic mass is 16.7. The Morgan fingerprint density at radius 3 is 2.17 bits per heavy atom. The first-order valence-corrected chi connectivity index (χ1v) is 13.0. The third kappa shape index (κ3) is 5.91. The van der Waals surface area contributed by atoms with Crippen molar-refractivity contribution >= 4 is 5.97 Å². The highest BCUT2D eigenvalue weighted by Crippen LogP contribution is 2.43. The molecule has 2 heterocycles. The van der Waals surface area contributed by atoms with Crippen molar-refractivity contribution in [3.05, 3.63) is 35.9 Å². The Morgan fingerprint density at radius 1 is 0.943 bits per heavy atom. The van der Waals surface area contributed by atoms with Crippen molar-refractivity contribution in [2.75, 3.05) is 0 Å². The predicted octanol–water partition coefficient (Wildman–Crippen LogP) is 3.85. The van der Waals surface area contributed by atoms with E-state index in [4.69, 9.17) is 14.2 Å². The van der Waals surface area contributed by atoms with Crippen molar-refractivity contribution in [3.63, 3.8) is 0 Å². The van der Waals surface area contributed by atoms with Crippen molar-refractivity contribution in [2.45, 2.75) is 104 Å². The molecule has 7 nitrogen and oxygen atoms in total. The van der Waals surface area contributed by atoms with E-state index in [-0.39, 0.29) is 24.2 Å². The standard InChI is InChI=1S/C28H44O7/c1-8-21-16(3)23(30)17(4)22(29)15(2)14-28(7,32)25-18(5)24(19(6)26(31)33-21)34-27(35-25)20-12-10-9-11-13-20/h9-13,15-19,21-25,27,29-30,32H,8,14H2,1-7H3/t15-,16+,17+,18+,19-,21-,22+,23+,24+,25-,27?,28-/m1/s1. The van der Waals surface area contributed by atoms with Gasteiger partial charge in [0.2, 0.25) is 0 Å². The zero-order valence-electron chi connectivity index (χ0n) is 22.1. The van der Waals surface area contributed by atoms with E-state index in [9.17, 15) is 20.1 Å². The monoisotopic (exact) mass is 492 g/mol. The summed E-state index contributed by atoms with van der Waals surface area (Å²) in [5.74, 6) is -2.48. The van der Waals surface area contributed by atoms with E-state index in [2.05, 4.69) is 0 Å². The van der Waals surface area contributed by atoms with Gasteiger partial charge in [-0.2, -0.15) is 0 Å². The number of esters is 1. The normalized spacial score (nSPS) is 45.9. The highest BCUT2D eigenvalue weighted by molar-refractivity contribution is 5.73. The molecule has 2 aliphatic rings. The minimum absolute atomic E-state index is 0.263. The first-order valence-electron chi connectivity index (χ1n) is 13.0. The van der Waals surface area contributed by atoms with Gasteiger partial charge in [-0.25, -0.2) is 0 Å². The van der Waals surface area contributed by atoms with E-state index < -0.39 is 60.2 Å². The van der Waals surface area contributed by atoms with Crippen LogP contribution in [0.1, 0.15) is 73.2 Å². The second-order valence-corrected chi connectivity index (χ2v) is 11.2. The van der Waals surface area contributed by atoms with Crippen LogP contribution in [0.5, 0.6) is 0 Å². The Hall–Kier alpha value is -1.51. The van der Waals surface area contributed by atoms with Crippen LogP contribution in [-0.2, 0) is 19.0 Å². The van der Waals surface area contributed by atoms with Gasteiger partial charge in [-0.3, -0.25) is 4.79 Å². The molecule has 2 bridgehead atoms. The molecule has 3 rings (SSSR count). The molecule has 35 heavy (non-hydrogen) atoms. The highest BCUT2D eigenvalue weighted by Gasteiger charge is 2.50. The lowest BCUT2D eigenvalue weighted by atomic mass is 9.74. The van der Waals surface area contributed by atoms with Gasteiger partial charge in [0.25, 0.3) is 0 Å². The lowest BCUT2D eigenvalue weighted by Crippen LogP contribution is -2.57. The first-order chi connectivity index (χ1) is 16.4. The van der Waals surface area contributed by atoms with E-state index in [0.29, 0.717) is 6.42 Å². The van der Waals surface area contributed by atoms with Crippen LogP contribution >= 0.6 is 0 Å². The molecule has 0 saturated carbocycles. The number of cyclic esters (lactones) is 1. The molecule has 12 atom stereocenters. The average Bonchev–Trinajstić information content (AvgIpc) is 2.84. The third-order valence-electron chi connectivity index (χ3n) is 8.29. The van der Waals surface area contributed by atoms with Crippen molar-refractivity contribution in [3.8, 4) is 0 Å². The molecule has 3 N–H and O–H groups in total. The molecule has 1 aromatic carbocycles. The fourth-order valence-corrected chi connectivity index (χ4v) is 6.04. The molecule has 0 aliphatic carbocycles. The molecule has 2 saturated heterocycles. The van der Waals surface area contributed by atoms with Gasteiger partial charge < -0.3 is 29.5 Å². The SMILES string of the molecule is CC[C@H]1OC(=O)[C@H](C)[C@H]2OC(c3ccccc3)O[C@H]([C@H]2C)[C@](C)(O)C[C@@H](C)[C@H](O)[C@H](C)[C@@H](O)[C@H]1C. The summed E-state index contributed by atoms with van der Waals surface area (Å²) in [6, 6.07) is 9.49. The Balaban J connectivity index is 2.04. The number of ether oxygens (including phenoxy) is 3. The van der Waals surface area contributed by atoms with E-state index in [1.54, 1.807) is 20.8 Å². The summed E-state index contributed by atoms with van der Waals surface area (Å²) in [5, 5.41) is 33.8. The molecule has 2 fully saturated rings. The zero-order valence-corrected chi connectivity index (χ0v) is 22.1. The van der Waals surface area contributed by atoms with Crippen molar-refractivity contribution < 1.29 is 34.3 Å². The van der Waals surface area contributed by atoms with Gasteiger partial charge in [-0.05, 0) is 32.6 Å². The molecule has 1 aromatic rings. The largest absolute Gasteiger partial charge is 0.462 e. The van der Waals surface area contributed by atoms with Crippen LogP contribution in [0, 0.1) is 29.6 Å². The van der Waals surface area contributed by atoms with Crippen LogP contribution in [-0.4, -0.2) is 57.4 Å². The maximum absolute atomic E-state index is 13.3. The van der Waals surface area contributed by atoms with E-state index in [1.165, 1.54) is 0 Å². The predicted molar refractivity (Wildman–Crippen MR) is 132 cm³/mol. The van der Waals surface area contributed by atoms with Crippen LogP contribution in [0.15, 0.2) is 30.3 Å². The lowest BCUT2D eigenvalue weighted by Gasteiger charge is -2.49. The number of carbonyl (C=O) groups is 1. The summed E-state index contributed by atoms with van der Waals surface area (Å²) in [7, 11) is 0. The quantitative estimate of drug-likeness (QED) is 0.539. The maximum atomic E-state index is 13.3. The minimum Gasteiger partial charge on any atom is -0.462 e. The van der Waals surface area contributed by atoms with Crippen LogP contribution in [0.25, 0.3) is 0 Å². The number of aliphatic hydroxyl groups excluding tert-OH is 2. The van der Waals surface area contributed by atoms with Crippen molar-refractivity contribution in [1.82, 2.24) is 0 Å². The van der Waals surface area contributed by atoms with E-state index in [1.807, 2.05) is 58.0 Å². The summed E-state index contributed by atoms with van der Waals surface area (Å²) in [5.41, 5.74) is -0.512. The summed E-state index contributed by atoms with van der Waals surface area (Å²) >= 11 is 0. The fraction of sp³-hybridized carbons (Fsp3) is 0.750. The summed E-state index contributed by atoms with van der Waals surface area (Å²) in [4.78, 5) is 13.3. The van der Waals surface area contributed by atoms with Crippen LogP contribution in [0.2, 0.25) is 0 Å². The number of hydrogen-bond acceptors (Lipinski definition) is 7. The van der Waals surface area contributed by atoms with Gasteiger partial charge in [0, 0.05) is 23.3 Å². The maximum Gasteiger partial charge on any atom is 0.311 e. The molecular formula is C28H44O7. The average molecular weight is 493 g/mol. The van der Waals surface area contributed by atoms with Gasteiger partial charge in [0.05, 0.1) is 35.9 Å². The molecular weight excluding hydrogens is 448 g/mol. The fourth-order valence-electron chi connectivity index (χ4n) is 6.04. The molecule has 0 aromatic heterocycles. The zero-order chi connectivity index (χ0) is 26.1. The molecule has 0 amide bonds. The number of hydrogen-bond donors (Lipinski definition) is 3. The number of rotatable bonds is 2. The molecule has 198 valence electrons. The molecule has 0 radical (unpaired) electrons. The van der Waals surface area contributed by atoms with Crippen molar-refractivity contribution in [1.29, 1.82) is 0 Å². The molecule has 7 heteroatoms. The second kappa shape index (κ2) is 11.3. The lowest BCUT2D eigenvalue weighted by molar-refractivity contribution is -0.313. The number of fused-ring (bicyclic) bond motifs is 2. The molecule has 1 unspecified atom stereocenters. The number of aliphatic hydroxyl groups is 3. The summed E-state index contributed by atoms with van der Waals surface area (Å²) < 4.78 is 18.6. The van der Waals surface area contributed by atoms with Gasteiger partial charge >= 0.3 is 5.97 Å². The van der Waals surface area contributed by atoms with Crippen LogP contribution in [0.3, 0.4) is 0 Å². The Morgan fingerprint density at radius 2 is 1.57 bits per heavy atom. The summed E-state index contributed by atoms with van der Waals surface area (Å²) in [6.07, 6.45) is -3.38. The van der Waals surface area contributed by atoms with E-state index in [0.717, 1.165) is 5.56 Å². The summed E-state index contributed by atoms with van der Waals surface area (Å²) in [6.45, 7) is 12.9. The van der Waals surface area contributed by atoms with Gasteiger partial charge in [-0.1, -0.05) is 65.0 Å². The van der Waals surface area contributed by atoms with Crippen LogP contribution < -0.4 is 0 Å². The third-order valence-corrected chi connectivity index (χ3v) is 8.29. The number of benzene rings is 1.